The van der Waals surface area contributed by atoms with E-state index in [-0.39, 0.29) is 22.6 Å². The Morgan fingerprint density at radius 2 is 1.62 bits per heavy atom. The molecule has 3 rings (SSSR count). The Hall–Kier alpha value is -4.26. The Balaban J connectivity index is 2.51. The molecule has 4 bridgehead atoms. The molecule has 0 unspecified atom stereocenters. The minimum absolute atomic E-state index is 0.0368. The third kappa shape index (κ3) is 6.62. The van der Waals surface area contributed by atoms with Gasteiger partial charge < -0.3 is 28.1 Å². The number of carbonyl (C=O) groups excluding carboxylic acids is 4. The Kier molecular flexibility index (Phi) is 9.77. The molecule has 1 heterocycles. The average Bonchev–Trinajstić information content (AvgIpc) is 2.93. The van der Waals surface area contributed by atoms with E-state index in [9.17, 15) is 19.2 Å². The first-order valence-electron chi connectivity index (χ1n) is 13.5. The summed E-state index contributed by atoms with van der Waals surface area (Å²) in [6, 6.07) is 2.12. The first kappa shape index (κ1) is 32.3. The molecule has 11 nitrogen and oxygen atoms in total. The van der Waals surface area contributed by atoms with E-state index in [2.05, 4.69) is 23.7 Å². The normalized spacial score (nSPS) is 21.5. The molecular weight excluding hydrogens is 562 g/mol. The molecule has 2 aliphatic carbocycles. The number of rotatable bonds is 7. The molecule has 0 aromatic rings. The number of allylic oxidation sites excluding steroid dienone is 2. The zero-order valence-corrected chi connectivity index (χ0v) is 26.0. The van der Waals surface area contributed by atoms with Crippen molar-refractivity contribution in [3.8, 4) is 23.7 Å². The maximum atomic E-state index is 13.1. The summed E-state index contributed by atoms with van der Waals surface area (Å²) < 4.78 is 33.4. The second-order valence-corrected chi connectivity index (χ2v) is 15.2. The number of imide groups is 1. The van der Waals surface area contributed by atoms with Gasteiger partial charge in [-0.1, -0.05) is 38.5 Å². The van der Waals surface area contributed by atoms with Crippen LogP contribution in [0, 0.1) is 23.7 Å². The van der Waals surface area contributed by atoms with Crippen molar-refractivity contribution < 1.29 is 47.3 Å². The zero-order chi connectivity index (χ0) is 31.3. The van der Waals surface area contributed by atoms with E-state index in [1.807, 2.05) is 20.8 Å². The minimum Gasteiger partial charge on any atom is -0.452 e. The number of hydrogen-bond donors (Lipinski definition) is 0. The predicted octanol–water partition coefficient (Wildman–Crippen LogP) is 5.11. The first-order chi connectivity index (χ1) is 19.8. The quantitative estimate of drug-likeness (QED) is 0.169. The monoisotopic (exact) mass is 597 g/mol. The van der Waals surface area contributed by atoms with Crippen LogP contribution in [0.15, 0.2) is 46.9 Å². The molecule has 0 N–H and O–H groups in total. The molecular formula is C30H35NO10Si. The van der Waals surface area contributed by atoms with Gasteiger partial charge in [0.2, 0.25) is 0 Å². The molecule has 224 valence electrons. The van der Waals surface area contributed by atoms with Crippen LogP contribution in [0.4, 0.5) is 14.4 Å². The fraction of sp³-hybridized carbons (Fsp3) is 0.467. The lowest BCUT2D eigenvalue weighted by molar-refractivity contribution is -0.140. The first-order valence-corrected chi connectivity index (χ1v) is 16.0. The average molecular weight is 598 g/mol. The number of carbonyl (C=O) groups is 4. The van der Waals surface area contributed by atoms with Crippen LogP contribution < -0.4 is 0 Å². The molecule has 0 radical (unpaired) electrons. The summed E-state index contributed by atoms with van der Waals surface area (Å²) in [6.07, 6.45) is 0.736. The van der Waals surface area contributed by atoms with Crippen molar-refractivity contribution in [2.45, 2.75) is 77.0 Å². The van der Waals surface area contributed by atoms with E-state index in [1.54, 1.807) is 20.8 Å². The third-order valence-electron chi connectivity index (χ3n) is 6.83. The molecule has 2 amide bonds. The SMILES string of the molecule is CC[Si](CC)(CC)O[C@]12C#C/C=C\C#C[C@@H]3OC(=O)C=C1C3=C(N(C(=O)OC)C(=O)OC)C(OC(=O)OC(C)(C)C)=C2. The topological polar surface area (TPSA) is 127 Å². The molecule has 0 aromatic heterocycles. The highest BCUT2D eigenvalue weighted by Crippen LogP contribution is 2.47. The smallest absolute Gasteiger partial charge is 0.452 e. The maximum absolute atomic E-state index is 13.1. The fourth-order valence-electron chi connectivity index (χ4n) is 4.66. The lowest BCUT2D eigenvalue weighted by atomic mass is 9.78. The number of hydrogen-bond acceptors (Lipinski definition) is 10. The van der Waals surface area contributed by atoms with Crippen molar-refractivity contribution in [3.63, 3.8) is 0 Å². The van der Waals surface area contributed by atoms with Crippen LogP contribution in [0.3, 0.4) is 0 Å². The van der Waals surface area contributed by atoms with E-state index in [0.29, 0.717) is 23.0 Å². The second-order valence-electron chi connectivity index (χ2n) is 10.5. The summed E-state index contributed by atoms with van der Waals surface area (Å²) in [6.45, 7) is 11.0. The maximum Gasteiger partial charge on any atom is 0.514 e. The van der Waals surface area contributed by atoms with Crippen LogP contribution in [0.5, 0.6) is 0 Å². The van der Waals surface area contributed by atoms with Gasteiger partial charge in [0.05, 0.1) is 14.2 Å². The Morgan fingerprint density at radius 3 is 2.17 bits per heavy atom. The van der Waals surface area contributed by atoms with Crippen LogP contribution in [-0.2, 0) is 32.9 Å². The highest BCUT2D eigenvalue weighted by atomic mass is 28.4. The molecule has 1 aliphatic heterocycles. The van der Waals surface area contributed by atoms with E-state index in [4.69, 9.17) is 28.1 Å². The molecule has 0 saturated heterocycles. The summed E-state index contributed by atoms with van der Waals surface area (Å²) in [7, 11) is -0.424. The Bertz CT molecular complexity index is 1380. The molecule has 42 heavy (non-hydrogen) atoms. The number of nitrogens with zero attached hydrogens (tertiary/aromatic N) is 1. The molecule has 3 aliphatic rings. The molecule has 0 saturated carbocycles. The van der Waals surface area contributed by atoms with Crippen LogP contribution in [0.25, 0.3) is 0 Å². The van der Waals surface area contributed by atoms with Crippen LogP contribution in [0.1, 0.15) is 41.5 Å². The predicted molar refractivity (Wildman–Crippen MR) is 153 cm³/mol. The van der Waals surface area contributed by atoms with E-state index >= 15 is 0 Å². The van der Waals surface area contributed by atoms with Gasteiger partial charge in [0.25, 0.3) is 0 Å². The van der Waals surface area contributed by atoms with Gasteiger partial charge in [-0.25, -0.2) is 19.2 Å². The molecule has 0 spiro atoms. The third-order valence-corrected chi connectivity index (χ3v) is 11.4. The van der Waals surface area contributed by atoms with Crippen molar-refractivity contribution in [3.05, 3.63) is 46.9 Å². The summed E-state index contributed by atoms with van der Waals surface area (Å²) in [5, 5.41) is 0. The van der Waals surface area contributed by atoms with Gasteiger partial charge in [0.1, 0.15) is 11.3 Å². The largest absolute Gasteiger partial charge is 0.514 e. The van der Waals surface area contributed by atoms with Crippen molar-refractivity contribution in [2.24, 2.45) is 0 Å². The Morgan fingerprint density at radius 1 is 1.02 bits per heavy atom. The number of ether oxygens (including phenoxy) is 5. The van der Waals surface area contributed by atoms with Gasteiger partial charge in [-0.2, -0.15) is 4.90 Å². The zero-order valence-electron chi connectivity index (χ0n) is 25.0. The lowest BCUT2D eigenvalue weighted by Gasteiger charge is -2.44. The molecule has 0 fully saturated rings. The highest BCUT2D eigenvalue weighted by Gasteiger charge is 2.52. The van der Waals surface area contributed by atoms with Gasteiger partial charge in [-0.05, 0) is 57.0 Å². The van der Waals surface area contributed by atoms with Crippen molar-refractivity contribution in [1.82, 2.24) is 4.90 Å². The fourth-order valence-corrected chi connectivity index (χ4v) is 7.49. The highest BCUT2D eigenvalue weighted by molar-refractivity contribution is 6.73. The van der Waals surface area contributed by atoms with Crippen molar-refractivity contribution >= 4 is 32.6 Å². The molecule has 0 aromatic carbocycles. The van der Waals surface area contributed by atoms with E-state index in [0.717, 1.165) is 14.2 Å². The second kappa shape index (κ2) is 12.7. The van der Waals surface area contributed by atoms with Gasteiger partial charge in [-0.3, -0.25) is 0 Å². The summed E-state index contributed by atoms with van der Waals surface area (Å²) in [5.41, 5.74) is -2.70. The number of esters is 1. The van der Waals surface area contributed by atoms with E-state index < -0.39 is 49.9 Å². The van der Waals surface area contributed by atoms with Crippen LogP contribution in [0.2, 0.25) is 18.1 Å². The van der Waals surface area contributed by atoms with Crippen molar-refractivity contribution in [1.29, 1.82) is 0 Å². The van der Waals surface area contributed by atoms with Gasteiger partial charge in [-0.15, -0.1) is 0 Å². The van der Waals surface area contributed by atoms with Gasteiger partial charge in [0, 0.05) is 23.3 Å². The minimum atomic E-state index is -2.55. The van der Waals surface area contributed by atoms with Crippen molar-refractivity contribution in [2.75, 3.05) is 14.2 Å². The lowest BCUT2D eigenvalue weighted by Crippen LogP contribution is -2.52. The van der Waals surface area contributed by atoms with E-state index in [1.165, 1.54) is 24.3 Å². The van der Waals surface area contributed by atoms with Gasteiger partial charge in [0.15, 0.2) is 25.8 Å². The standard InChI is InChI=1S/C30H35NO10Si/c1-9-42(10-2,11-3)41-30-17-15-13-12-14-16-21-24(20(30)18-23(32)38-21)25(31(26(33)36-7)27(34)37-8)22(19-30)39-28(35)40-29(4,5)6/h12-13,18-19,21H,9-11H2,1-8H3/b13-12-/t21-,30-/m0/s1. The van der Waals surface area contributed by atoms with Crippen LogP contribution >= 0.6 is 0 Å². The van der Waals surface area contributed by atoms with Gasteiger partial charge >= 0.3 is 24.3 Å². The molecule has 12 heteroatoms. The summed E-state index contributed by atoms with van der Waals surface area (Å²) in [4.78, 5) is 52.7. The summed E-state index contributed by atoms with van der Waals surface area (Å²) >= 11 is 0. The number of methoxy groups -OCH3 is 2. The Labute approximate surface area is 246 Å². The number of amides is 2. The summed E-state index contributed by atoms with van der Waals surface area (Å²) in [5.74, 6) is 10.5. The van der Waals surface area contributed by atoms with Crippen LogP contribution in [-0.4, -0.2) is 69.1 Å². The molecule has 2 atom stereocenters.